The standard InChI is InChI=1S/C40H42Cl2N8O6/c41-31-9-5-29(6-10-31)35-15-13-33(55-35)25-43-49-27-37(51)47(39(49)53)19-3-1-17-45-21-23-46(24-22-45)18-2-4-20-48-38(52)28-50(40(48)54)44-26-34-14-16-36(56-34)30-7-11-32(42)12-8-30/h5-16,25-26H,1-4,17-24,27-28H2/b43-25+,44-26+. The van der Waals surface area contributed by atoms with E-state index in [0.29, 0.717) is 59.0 Å². The number of hydrogen-bond acceptors (Lipinski definition) is 10. The van der Waals surface area contributed by atoms with Crippen molar-refractivity contribution in [3.05, 3.63) is 94.4 Å². The van der Waals surface area contributed by atoms with Crippen LogP contribution in [0.3, 0.4) is 0 Å². The Hall–Kier alpha value is -5.28. The summed E-state index contributed by atoms with van der Waals surface area (Å²) in [5.74, 6) is 1.70. The second kappa shape index (κ2) is 18.1. The molecule has 3 aliphatic rings. The molecule has 2 aromatic carbocycles. The molecule has 4 aromatic rings. The highest BCUT2D eigenvalue weighted by Gasteiger charge is 2.36. The summed E-state index contributed by atoms with van der Waals surface area (Å²) < 4.78 is 11.6. The first-order chi connectivity index (χ1) is 27.2. The number of amides is 6. The largest absolute Gasteiger partial charge is 0.455 e. The molecule has 0 saturated carbocycles. The SMILES string of the molecule is O=C1CN(/N=C/c2ccc(-c3ccc(Cl)cc3)o2)C(=O)N1CCCCN1CCN(CCCCN2C(=O)CN(/N=C/c3ccc(-c4ccc(Cl)cc4)o3)C2=O)CC1. The lowest BCUT2D eigenvalue weighted by molar-refractivity contribution is -0.126. The number of rotatable bonds is 16. The van der Waals surface area contributed by atoms with Crippen LogP contribution in [0, 0.1) is 0 Å². The van der Waals surface area contributed by atoms with Crippen LogP contribution in [0.4, 0.5) is 9.59 Å². The van der Waals surface area contributed by atoms with E-state index in [1.807, 2.05) is 36.4 Å². The van der Waals surface area contributed by atoms with Crippen LogP contribution < -0.4 is 0 Å². The molecule has 0 bridgehead atoms. The van der Waals surface area contributed by atoms with Crippen molar-refractivity contribution in [2.45, 2.75) is 25.7 Å². The van der Waals surface area contributed by atoms with Gasteiger partial charge in [-0.3, -0.25) is 19.4 Å². The third kappa shape index (κ3) is 9.74. The van der Waals surface area contributed by atoms with Gasteiger partial charge in [-0.2, -0.15) is 10.2 Å². The van der Waals surface area contributed by atoms with Gasteiger partial charge in [-0.15, -0.1) is 0 Å². The number of hydrogen-bond donors (Lipinski definition) is 0. The Bertz CT molecular complexity index is 1930. The number of benzene rings is 2. The number of piperazine rings is 1. The van der Waals surface area contributed by atoms with Gasteiger partial charge in [-0.1, -0.05) is 23.2 Å². The third-order valence-electron chi connectivity index (χ3n) is 9.91. The van der Waals surface area contributed by atoms with Gasteiger partial charge in [-0.25, -0.2) is 19.6 Å². The first-order valence-electron chi connectivity index (χ1n) is 18.7. The van der Waals surface area contributed by atoms with Gasteiger partial charge in [0.2, 0.25) is 0 Å². The molecule has 14 nitrogen and oxygen atoms in total. The third-order valence-corrected chi connectivity index (χ3v) is 10.4. The zero-order valence-electron chi connectivity index (χ0n) is 30.8. The monoisotopic (exact) mass is 800 g/mol. The number of hydrazone groups is 2. The molecule has 56 heavy (non-hydrogen) atoms. The van der Waals surface area contributed by atoms with Crippen molar-refractivity contribution in [2.75, 3.05) is 65.4 Å². The highest BCUT2D eigenvalue weighted by molar-refractivity contribution is 6.30. The van der Waals surface area contributed by atoms with E-state index in [9.17, 15) is 19.2 Å². The first kappa shape index (κ1) is 39.0. The van der Waals surface area contributed by atoms with Crippen LogP contribution in [0.5, 0.6) is 0 Å². The van der Waals surface area contributed by atoms with Crippen molar-refractivity contribution in [2.24, 2.45) is 10.2 Å². The molecule has 16 heteroatoms. The number of urea groups is 2. The van der Waals surface area contributed by atoms with Gasteiger partial charge in [0.25, 0.3) is 11.8 Å². The van der Waals surface area contributed by atoms with E-state index in [1.54, 1.807) is 36.4 Å². The van der Waals surface area contributed by atoms with Crippen LogP contribution in [-0.2, 0) is 9.59 Å². The second-order valence-electron chi connectivity index (χ2n) is 13.8. The summed E-state index contributed by atoms with van der Waals surface area (Å²) in [6, 6.07) is 20.8. The van der Waals surface area contributed by atoms with E-state index in [-0.39, 0.29) is 24.9 Å². The quantitative estimate of drug-likeness (QED) is 0.0704. The number of unbranched alkanes of at least 4 members (excludes halogenated alkanes) is 2. The van der Waals surface area contributed by atoms with Gasteiger partial charge in [0.05, 0.1) is 12.4 Å². The fourth-order valence-corrected chi connectivity index (χ4v) is 7.01. The highest BCUT2D eigenvalue weighted by Crippen LogP contribution is 2.25. The summed E-state index contributed by atoms with van der Waals surface area (Å²) in [4.78, 5) is 58.3. The van der Waals surface area contributed by atoms with Gasteiger partial charge >= 0.3 is 12.1 Å². The second-order valence-corrected chi connectivity index (χ2v) is 14.6. The number of carbonyl (C=O) groups is 4. The van der Waals surface area contributed by atoms with E-state index in [1.165, 1.54) is 32.2 Å². The Morgan fingerprint density at radius 1 is 0.518 bits per heavy atom. The summed E-state index contributed by atoms with van der Waals surface area (Å²) >= 11 is 11.9. The van der Waals surface area contributed by atoms with Crippen LogP contribution in [0.15, 0.2) is 91.8 Å². The molecular formula is C40H42Cl2N8O6. The fourth-order valence-electron chi connectivity index (χ4n) is 6.76. The van der Waals surface area contributed by atoms with Crippen LogP contribution in [0.25, 0.3) is 22.6 Å². The van der Waals surface area contributed by atoms with Gasteiger partial charge < -0.3 is 18.6 Å². The first-order valence-corrected chi connectivity index (χ1v) is 19.4. The Kier molecular flexibility index (Phi) is 12.6. The van der Waals surface area contributed by atoms with E-state index in [0.717, 1.165) is 63.2 Å². The summed E-state index contributed by atoms with van der Waals surface area (Å²) in [5, 5.41) is 12.0. The minimum atomic E-state index is -0.427. The summed E-state index contributed by atoms with van der Waals surface area (Å²) in [6.45, 7) is 6.03. The number of furan rings is 2. The normalized spacial score (nSPS) is 17.3. The van der Waals surface area contributed by atoms with Crippen molar-refractivity contribution in [1.82, 2.24) is 29.6 Å². The highest BCUT2D eigenvalue weighted by atomic mass is 35.5. The Labute approximate surface area is 334 Å². The van der Waals surface area contributed by atoms with Crippen LogP contribution >= 0.6 is 23.2 Å². The molecule has 2 aromatic heterocycles. The molecule has 3 fully saturated rings. The Morgan fingerprint density at radius 3 is 1.29 bits per heavy atom. The molecule has 0 unspecified atom stereocenters. The number of halogens is 2. The minimum absolute atomic E-state index is 0.0974. The zero-order chi connectivity index (χ0) is 39.0. The van der Waals surface area contributed by atoms with Gasteiger partial charge in [0.15, 0.2) is 0 Å². The maximum atomic E-state index is 12.9. The maximum Gasteiger partial charge on any atom is 0.347 e. The summed E-state index contributed by atoms with van der Waals surface area (Å²) in [6.07, 6.45) is 6.04. The van der Waals surface area contributed by atoms with Crippen molar-refractivity contribution >= 4 is 59.5 Å². The van der Waals surface area contributed by atoms with Crippen LogP contribution in [-0.4, -0.2) is 131 Å². The molecule has 0 aliphatic carbocycles. The molecule has 0 radical (unpaired) electrons. The van der Waals surface area contributed by atoms with Crippen molar-refractivity contribution in [1.29, 1.82) is 0 Å². The summed E-state index contributed by atoms with van der Waals surface area (Å²) in [7, 11) is 0. The molecular weight excluding hydrogens is 759 g/mol. The van der Waals surface area contributed by atoms with Gasteiger partial charge in [-0.05, 0) is 112 Å². The predicted molar refractivity (Wildman–Crippen MR) is 212 cm³/mol. The molecule has 292 valence electrons. The minimum Gasteiger partial charge on any atom is -0.455 e. The molecule has 7 rings (SSSR count). The molecule has 3 saturated heterocycles. The fraction of sp³-hybridized carbons (Fsp3) is 0.350. The molecule has 6 amide bonds. The summed E-state index contributed by atoms with van der Waals surface area (Å²) in [5.41, 5.74) is 1.73. The lowest BCUT2D eigenvalue weighted by Crippen LogP contribution is -2.47. The van der Waals surface area contributed by atoms with Crippen molar-refractivity contribution in [3.8, 4) is 22.6 Å². The lowest BCUT2D eigenvalue weighted by Gasteiger charge is -2.34. The van der Waals surface area contributed by atoms with Crippen molar-refractivity contribution in [3.63, 3.8) is 0 Å². The predicted octanol–water partition coefficient (Wildman–Crippen LogP) is 6.59. The van der Waals surface area contributed by atoms with E-state index >= 15 is 0 Å². The van der Waals surface area contributed by atoms with E-state index in [2.05, 4.69) is 20.0 Å². The molecule has 0 atom stereocenters. The Morgan fingerprint density at radius 2 is 0.893 bits per heavy atom. The number of nitrogens with zero attached hydrogens (tertiary/aromatic N) is 8. The topological polar surface area (TPSA) is 139 Å². The van der Waals surface area contributed by atoms with E-state index in [4.69, 9.17) is 32.0 Å². The van der Waals surface area contributed by atoms with Gasteiger partial charge in [0.1, 0.15) is 36.1 Å². The van der Waals surface area contributed by atoms with Gasteiger partial charge in [0, 0.05) is 60.4 Å². The average Bonchev–Trinajstić information content (AvgIpc) is 3.99. The molecule has 3 aliphatic heterocycles. The van der Waals surface area contributed by atoms with Crippen molar-refractivity contribution < 1.29 is 28.0 Å². The number of carbonyl (C=O) groups excluding carboxylic acids is 4. The molecule has 5 heterocycles. The molecule has 0 N–H and O–H groups in total. The van der Waals surface area contributed by atoms with Crippen LogP contribution in [0.1, 0.15) is 37.2 Å². The number of imide groups is 2. The molecule has 0 spiro atoms. The Balaban J connectivity index is 0.752. The smallest absolute Gasteiger partial charge is 0.347 e. The zero-order valence-corrected chi connectivity index (χ0v) is 32.3. The van der Waals surface area contributed by atoms with Crippen LogP contribution in [0.2, 0.25) is 10.0 Å². The lowest BCUT2D eigenvalue weighted by atomic mass is 10.2. The van der Waals surface area contributed by atoms with E-state index < -0.39 is 12.1 Å². The average molecular weight is 802 g/mol. The maximum absolute atomic E-state index is 12.9.